The van der Waals surface area contributed by atoms with Gasteiger partial charge in [-0.15, -0.1) is 13.2 Å². The van der Waals surface area contributed by atoms with Crippen molar-refractivity contribution in [1.29, 1.82) is 0 Å². The maximum atomic E-state index is 12.4. The van der Waals surface area contributed by atoms with Crippen LogP contribution in [-0.2, 0) is 19.1 Å². The van der Waals surface area contributed by atoms with Crippen LogP contribution in [0.3, 0.4) is 0 Å². The monoisotopic (exact) mass is 364 g/mol. The molecule has 1 saturated carbocycles. The second kappa shape index (κ2) is 14.6. The summed E-state index contributed by atoms with van der Waals surface area (Å²) in [6, 6.07) is 0. The number of esters is 2. The fourth-order valence-corrected chi connectivity index (χ4v) is 3.39. The lowest BCUT2D eigenvalue weighted by Gasteiger charge is -2.28. The molecular formula is C22H36O4. The first-order valence-corrected chi connectivity index (χ1v) is 10.3. The standard InChI is InChI=1S/C22H36O4/c1-3-5-7-9-13-17-25-21(23)19-15-11-12-16-20(19)22(24)26-18-14-10-8-6-4-2/h3-4,19-20H,1-2,5-18H2. The Morgan fingerprint density at radius 1 is 0.731 bits per heavy atom. The van der Waals surface area contributed by atoms with Crippen LogP contribution in [0.4, 0.5) is 0 Å². The van der Waals surface area contributed by atoms with Gasteiger partial charge in [0.15, 0.2) is 0 Å². The quantitative estimate of drug-likeness (QED) is 0.236. The van der Waals surface area contributed by atoms with Crippen molar-refractivity contribution in [1.82, 2.24) is 0 Å². The number of unbranched alkanes of at least 4 members (excludes halogenated alkanes) is 6. The molecule has 1 rings (SSSR count). The Morgan fingerprint density at radius 2 is 1.15 bits per heavy atom. The Bertz CT molecular complexity index is 390. The molecule has 0 radical (unpaired) electrons. The topological polar surface area (TPSA) is 52.6 Å². The minimum absolute atomic E-state index is 0.221. The molecule has 0 heterocycles. The van der Waals surface area contributed by atoms with E-state index in [-0.39, 0.29) is 23.8 Å². The lowest BCUT2D eigenvalue weighted by Crippen LogP contribution is -2.35. The average Bonchev–Trinajstić information content (AvgIpc) is 2.67. The summed E-state index contributed by atoms with van der Waals surface area (Å²) in [5.74, 6) is -1.10. The van der Waals surface area contributed by atoms with E-state index in [2.05, 4.69) is 13.2 Å². The van der Waals surface area contributed by atoms with Crippen LogP contribution in [0.5, 0.6) is 0 Å². The van der Waals surface area contributed by atoms with Gasteiger partial charge in [-0.2, -0.15) is 0 Å². The maximum Gasteiger partial charge on any atom is 0.309 e. The summed E-state index contributed by atoms with van der Waals surface area (Å²) >= 11 is 0. The molecule has 0 aliphatic heterocycles. The van der Waals surface area contributed by atoms with Gasteiger partial charge in [0, 0.05) is 0 Å². The maximum absolute atomic E-state index is 12.4. The van der Waals surface area contributed by atoms with Gasteiger partial charge in [-0.1, -0.05) is 25.0 Å². The minimum Gasteiger partial charge on any atom is -0.465 e. The van der Waals surface area contributed by atoms with E-state index in [0.717, 1.165) is 77.0 Å². The molecule has 2 atom stereocenters. The van der Waals surface area contributed by atoms with Crippen molar-refractivity contribution in [2.24, 2.45) is 11.8 Å². The molecule has 0 bridgehead atoms. The Hall–Kier alpha value is -1.58. The molecule has 1 aliphatic rings. The summed E-state index contributed by atoms with van der Waals surface area (Å²) in [6.07, 6.45) is 15.2. The van der Waals surface area contributed by atoms with Crippen LogP contribution in [0, 0.1) is 11.8 Å². The zero-order valence-electron chi connectivity index (χ0n) is 16.3. The van der Waals surface area contributed by atoms with Crippen LogP contribution >= 0.6 is 0 Å². The van der Waals surface area contributed by atoms with Crippen molar-refractivity contribution in [3.8, 4) is 0 Å². The molecule has 0 saturated heterocycles. The molecule has 148 valence electrons. The molecule has 4 nitrogen and oxygen atoms in total. The summed E-state index contributed by atoms with van der Waals surface area (Å²) < 4.78 is 10.9. The minimum atomic E-state index is -0.329. The Labute approximate surface area is 159 Å². The number of ether oxygens (including phenoxy) is 2. The first-order valence-electron chi connectivity index (χ1n) is 10.3. The predicted octanol–water partition coefficient (Wildman–Crippen LogP) is 5.37. The summed E-state index contributed by atoms with van der Waals surface area (Å²) in [4.78, 5) is 24.8. The van der Waals surface area contributed by atoms with E-state index in [1.54, 1.807) is 0 Å². The van der Waals surface area contributed by atoms with Gasteiger partial charge in [-0.25, -0.2) is 0 Å². The van der Waals surface area contributed by atoms with Gasteiger partial charge in [0.2, 0.25) is 0 Å². The van der Waals surface area contributed by atoms with Crippen molar-refractivity contribution in [3.05, 3.63) is 25.3 Å². The lowest BCUT2D eigenvalue weighted by atomic mass is 9.79. The summed E-state index contributed by atoms with van der Waals surface area (Å²) in [6.45, 7) is 8.28. The number of allylic oxidation sites excluding steroid dienone is 2. The van der Waals surface area contributed by atoms with Crippen LogP contribution in [-0.4, -0.2) is 25.2 Å². The van der Waals surface area contributed by atoms with E-state index in [9.17, 15) is 9.59 Å². The molecule has 1 aliphatic carbocycles. The second-order valence-corrected chi connectivity index (χ2v) is 7.11. The summed E-state index contributed by atoms with van der Waals surface area (Å²) in [7, 11) is 0. The highest BCUT2D eigenvalue weighted by atomic mass is 16.5. The van der Waals surface area contributed by atoms with Crippen LogP contribution in [0.25, 0.3) is 0 Å². The van der Waals surface area contributed by atoms with Gasteiger partial charge in [0.1, 0.15) is 0 Å². The zero-order valence-corrected chi connectivity index (χ0v) is 16.3. The first kappa shape index (κ1) is 22.5. The van der Waals surface area contributed by atoms with Gasteiger partial charge in [-0.3, -0.25) is 9.59 Å². The highest BCUT2D eigenvalue weighted by molar-refractivity contribution is 5.82. The number of rotatable bonds is 14. The molecule has 0 aromatic heterocycles. The number of hydrogen-bond acceptors (Lipinski definition) is 4. The molecular weight excluding hydrogens is 328 g/mol. The molecule has 0 aromatic carbocycles. The van der Waals surface area contributed by atoms with Gasteiger partial charge in [-0.05, 0) is 64.2 Å². The van der Waals surface area contributed by atoms with Gasteiger partial charge in [0.05, 0.1) is 25.0 Å². The van der Waals surface area contributed by atoms with E-state index in [4.69, 9.17) is 9.47 Å². The molecule has 26 heavy (non-hydrogen) atoms. The largest absolute Gasteiger partial charge is 0.465 e. The van der Waals surface area contributed by atoms with Gasteiger partial charge >= 0.3 is 11.9 Å². The molecule has 1 fully saturated rings. The van der Waals surface area contributed by atoms with Crippen molar-refractivity contribution in [2.75, 3.05) is 13.2 Å². The first-order chi connectivity index (χ1) is 12.7. The van der Waals surface area contributed by atoms with Crippen LogP contribution < -0.4 is 0 Å². The summed E-state index contributed by atoms with van der Waals surface area (Å²) in [5, 5.41) is 0. The van der Waals surface area contributed by atoms with E-state index >= 15 is 0 Å². The van der Waals surface area contributed by atoms with Crippen molar-refractivity contribution < 1.29 is 19.1 Å². The molecule has 0 spiro atoms. The van der Waals surface area contributed by atoms with Crippen molar-refractivity contribution in [3.63, 3.8) is 0 Å². The predicted molar refractivity (Wildman–Crippen MR) is 105 cm³/mol. The SMILES string of the molecule is C=CCCCCCOC(=O)C1CCCCC1C(=O)OCCCCCC=C. The number of carbonyl (C=O) groups is 2. The van der Waals surface area contributed by atoms with E-state index in [1.165, 1.54) is 0 Å². The smallest absolute Gasteiger partial charge is 0.309 e. The fourth-order valence-electron chi connectivity index (χ4n) is 3.39. The van der Waals surface area contributed by atoms with E-state index in [0.29, 0.717) is 13.2 Å². The Kier molecular flexibility index (Phi) is 12.6. The third-order valence-corrected chi connectivity index (χ3v) is 4.97. The molecule has 0 N–H and O–H groups in total. The normalized spacial score (nSPS) is 19.5. The fraction of sp³-hybridized carbons (Fsp3) is 0.727. The second-order valence-electron chi connectivity index (χ2n) is 7.11. The lowest BCUT2D eigenvalue weighted by molar-refractivity contribution is -0.163. The van der Waals surface area contributed by atoms with Crippen LogP contribution in [0.1, 0.15) is 77.0 Å². The van der Waals surface area contributed by atoms with Gasteiger partial charge < -0.3 is 9.47 Å². The van der Waals surface area contributed by atoms with Crippen LogP contribution in [0.15, 0.2) is 25.3 Å². The van der Waals surface area contributed by atoms with Crippen LogP contribution in [0.2, 0.25) is 0 Å². The number of hydrogen-bond donors (Lipinski definition) is 0. The van der Waals surface area contributed by atoms with Crippen molar-refractivity contribution in [2.45, 2.75) is 77.0 Å². The van der Waals surface area contributed by atoms with Crippen molar-refractivity contribution >= 4 is 11.9 Å². The average molecular weight is 365 g/mol. The Morgan fingerprint density at radius 3 is 1.54 bits per heavy atom. The molecule has 0 aromatic rings. The van der Waals surface area contributed by atoms with Gasteiger partial charge in [0.25, 0.3) is 0 Å². The Balaban J connectivity index is 2.30. The van der Waals surface area contributed by atoms with E-state index in [1.807, 2.05) is 12.2 Å². The number of carbonyl (C=O) groups excluding carboxylic acids is 2. The highest BCUT2D eigenvalue weighted by Gasteiger charge is 2.37. The molecule has 4 heteroatoms. The van der Waals surface area contributed by atoms with E-state index < -0.39 is 0 Å². The zero-order chi connectivity index (χ0) is 19.0. The molecule has 0 amide bonds. The highest BCUT2D eigenvalue weighted by Crippen LogP contribution is 2.32. The third kappa shape index (κ3) is 9.21. The molecule has 2 unspecified atom stereocenters. The summed E-state index contributed by atoms with van der Waals surface area (Å²) in [5.41, 5.74) is 0. The third-order valence-electron chi connectivity index (χ3n) is 4.97.